The van der Waals surface area contributed by atoms with Crippen molar-refractivity contribution in [3.05, 3.63) is 17.0 Å². The third-order valence-electron chi connectivity index (χ3n) is 2.24. The maximum absolute atomic E-state index is 11.4. The maximum atomic E-state index is 11.4. The number of hydrogen-bond donors (Lipinski definition) is 2. The summed E-state index contributed by atoms with van der Waals surface area (Å²) in [5.74, 6) is 0.0578. The number of carbonyl (C=O) groups excluding carboxylic acids is 1. The molecule has 1 saturated carbocycles. The Balaban J connectivity index is 1.78. The topological polar surface area (TPSA) is 41.1 Å². The quantitative estimate of drug-likeness (QED) is 0.795. The van der Waals surface area contributed by atoms with E-state index < -0.39 is 0 Å². The minimum Gasteiger partial charge on any atom is -0.316 e. The van der Waals surface area contributed by atoms with E-state index in [4.69, 9.17) is 0 Å². The average molecular weight is 210 g/mol. The molecule has 1 aliphatic rings. The van der Waals surface area contributed by atoms with Crippen molar-refractivity contribution in [3.8, 4) is 0 Å². The van der Waals surface area contributed by atoms with Crippen LogP contribution < -0.4 is 10.6 Å². The lowest BCUT2D eigenvalue weighted by Crippen LogP contribution is -2.29. The normalized spacial score (nSPS) is 15.5. The van der Waals surface area contributed by atoms with Gasteiger partial charge in [0.2, 0.25) is 5.91 Å². The van der Waals surface area contributed by atoms with Crippen LogP contribution in [0.4, 0.5) is 5.00 Å². The molecule has 0 unspecified atom stereocenters. The van der Waals surface area contributed by atoms with Gasteiger partial charge in [-0.25, -0.2) is 0 Å². The molecule has 4 heteroatoms. The lowest BCUT2D eigenvalue weighted by Gasteiger charge is -2.04. The molecule has 0 spiro atoms. The number of nitrogens with one attached hydrogen (secondary N) is 2. The zero-order valence-corrected chi connectivity index (χ0v) is 8.99. The molecule has 14 heavy (non-hydrogen) atoms. The Bertz CT molecular complexity index is 331. The van der Waals surface area contributed by atoms with E-state index in [1.54, 1.807) is 11.3 Å². The molecule has 0 aliphatic heterocycles. The first kappa shape index (κ1) is 9.68. The summed E-state index contributed by atoms with van der Waals surface area (Å²) >= 11 is 1.57. The number of amides is 1. The lowest BCUT2D eigenvalue weighted by atomic mass is 10.3. The Morgan fingerprint density at radius 3 is 3.00 bits per heavy atom. The van der Waals surface area contributed by atoms with Crippen molar-refractivity contribution in [2.24, 2.45) is 0 Å². The third kappa shape index (κ3) is 2.56. The number of rotatable bonds is 4. The van der Waals surface area contributed by atoms with Crippen molar-refractivity contribution in [2.75, 3.05) is 11.9 Å². The molecule has 1 aliphatic carbocycles. The summed E-state index contributed by atoms with van der Waals surface area (Å²) in [6, 6.07) is 2.60. The summed E-state index contributed by atoms with van der Waals surface area (Å²) in [7, 11) is 0. The molecule has 0 saturated heterocycles. The van der Waals surface area contributed by atoms with Crippen LogP contribution in [-0.2, 0) is 4.79 Å². The maximum Gasteiger partial charge on any atom is 0.238 e. The second-order valence-corrected chi connectivity index (χ2v) is 4.55. The highest BCUT2D eigenvalue weighted by Crippen LogP contribution is 2.22. The van der Waals surface area contributed by atoms with Crippen molar-refractivity contribution < 1.29 is 4.79 Å². The van der Waals surface area contributed by atoms with E-state index >= 15 is 0 Å². The highest BCUT2D eigenvalue weighted by Gasteiger charge is 2.21. The molecule has 0 radical (unpaired) electrons. The monoisotopic (exact) mass is 210 g/mol. The zero-order valence-electron chi connectivity index (χ0n) is 8.17. The molecule has 1 amide bonds. The van der Waals surface area contributed by atoms with Gasteiger partial charge in [-0.1, -0.05) is 0 Å². The summed E-state index contributed by atoms with van der Waals surface area (Å²) in [4.78, 5) is 11.4. The van der Waals surface area contributed by atoms with Gasteiger partial charge in [0.15, 0.2) is 0 Å². The summed E-state index contributed by atoms with van der Waals surface area (Å²) in [5, 5.41) is 9.02. The van der Waals surface area contributed by atoms with Crippen LogP contribution in [0.3, 0.4) is 0 Å². The lowest BCUT2D eigenvalue weighted by molar-refractivity contribution is -0.115. The summed E-state index contributed by atoms with van der Waals surface area (Å²) in [6.07, 6.45) is 2.43. The second-order valence-electron chi connectivity index (χ2n) is 3.64. The van der Waals surface area contributed by atoms with Crippen LogP contribution >= 0.6 is 11.3 Å². The highest BCUT2D eigenvalue weighted by molar-refractivity contribution is 7.14. The number of carbonyl (C=O) groups is 1. The molecule has 0 aromatic carbocycles. The number of anilines is 1. The molecule has 1 aromatic rings. The van der Waals surface area contributed by atoms with E-state index in [0.29, 0.717) is 12.6 Å². The standard InChI is InChI=1S/C10H14N2OS/c1-7-4-5-14-10(7)12-9(13)6-11-8-2-3-8/h4-5,8,11H,2-3,6H2,1H3,(H,12,13). The van der Waals surface area contributed by atoms with E-state index in [2.05, 4.69) is 10.6 Å². The van der Waals surface area contributed by atoms with Gasteiger partial charge in [0.1, 0.15) is 0 Å². The fourth-order valence-electron chi connectivity index (χ4n) is 1.20. The van der Waals surface area contributed by atoms with Gasteiger partial charge in [-0.2, -0.15) is 0 Å². The van der Waals surface area contributed by atoms with Gasteiger partial charge < -0.3 is 10.6 Å². The minimum atomic E-state index is 0.0578. The predicted molar refractivity (Wildman–Crippen MR) is 58.7 cm³/mol. The van der Waals surface area contributed by atoms with E-state index in [0.717, 1.165) is 10.6 Å². The fraction of sp³-hybridized carbons (Fsp3) is 0.500. The van der Waals surface area contributed by atoms with Crippen molar-refractivity contribution in [1.82, 2.24) is 5.32 Å². The zero-order chi connectivity index (χ0) is 9.97. The van der Waals surface area contributed by atoms with E-state index in [-0.39, 0.29) is 5.91 Å². The Morgan fingerprint density at radius 2 is 2.43 bits per heavy atom. The first-order chi connectivity index (χ1) is 6.75. The molecular formula is C10H14N2OS. The molecule has 1 fully saturated rings. The van der Waals surface area contributed by atoms with Gasteiger partial charge in [-0.3, -0.25) is 4.79 Å². The van der Waals surface area contributed by atoms with Crippen molar-refractivity contribution >= 4 is 22.2 Å². The Labute approximate surface area is 87.5 Å². The Kier molecular flexibility index (Phi) is 2.84. The smallest absolute Gasteiger partial charge is 0.238 e. The van der Waals surface area contributed by atoms with Crippen molar-refractivity contribution in [3.63, 3.8) is 0 Å². The van der Waals surface area contributed by atoms with Gasteiger partial charge in [-0.15, -0.1) is 11.3 Å². The van der Waals surface area contributed by atoms with Crippen LogP contribution in [0, 0.1) is 6.92 Å². The highest BCUT2D eigenvalue weighted by atomic mass is 32.1. The Morgan fingerprint density at radius 1 is 1.64 bits per heavy atom. The molecule has 76 valence electrons. The first-order valence-corrected chi connectivity index (χ1v) is 5.71. The largest absolute Gasteiger partial charge is 0.316 e. The molecule has 2 N–H and O–H groups in total. The van der Waals surface area contributed by atoms with Gasteiger partial charge in [0.05, 0.1) is 11.5 Å². The number of hydrogen-bond acceptors (Lipinski definition) is 3. The SMILES string of the molecule is Cc1ccsc1NC(=O)CNC1CC1. The minimum absolute atomic E-state index is 0.0578. The predicted octanol–water partition coefficient (Wildman–Crippen LogP) is 1.75. The molecule has 1 aromatic heterocycles. The summed E-state index contributed by atoms with van der Waals surface area (Å²) in [6.45, 7) is 2.43. The van der Waals surface area contributed by atoms with Crippen LogP contribution in [0.15, 0.2) is 11.4 Å². The third-order valence-corrected chi connectivity index (χ3v) is 3.18. The Hall–Kier alpha value is -0.870. The van der Waals surface area contributed by atoms with Gasteiger partial charge in [-0.05, 0) is 36.8 Å². The van der Waals surface area contributed by atoms with Crippen molar-refractivity contribution in [1.29, 1.82) is 0 Å². The molecule has 1 heterocycles. The van der Waals surface area contributed by atoms with Crippen LogP contribution in [0.1, 0.15) is 18.4 Å². The molecule has 0 atom stereocenters. The van der Waals surface area contributed by atoms with E-state index in [1.165, 1.54) is 12.8 Å². The molecule has 0 bridgehead atoms. The van der Waals surface area contributed by atoms with Gasteiger partial charge in [0.25, 0.3) is 0 Å². The van der Waals surface area contributed by atoms with E-state index in [1.807, 2.05) is 18.4 Å². The molecular weight excluding hydrogens is 196 g/mol. The van der Waals surface area contributed by atoms with Crippen LogP contribution in [0.25, 0.3) is 0 Å². The average Bonchev–Trinajstić information content (AvgIpc) is 2.90. The second kappa shape index (κ2) is 4.11. The van der Waals surface area contributed by atoms with Crippen LogP contribution in [-0.4, -0.2) is 18.5 Å². The van der Waals surface area contributed by atoms with Crippen molar-refractivity contribution in [2.45, 2.75) is 25.8 Å². The van der Waals surface area contributed by atoms with Gasteiger partial charge in [0, 0.05) is 6.04 Å². The van der Waals surface area contributed by atoms with Crippen LogP contribution in [0.2, 0.25) is 0 Å². The molecule has 2 rings (SSSR count). The first-order valence-electron chi connectivity index (χ1n) is 4.83. The van der Waals surface area contributed by atoms with Gasteiger partial charge >= 0.3 is 0 Å². The number of aryl methyl sites for hydroxylation is 1. The van der Waals surface area contributed by atoms with E-state index in [9.17, 15) is 4.79 Å². The number of thiophene rings is 1. The summed E-state index contributed by atoms with van der Waals surface area (Å²) < 4.78 is 0. The summed E-state index contributed by atoms with van der Waals surface area (Å²) in [5.41, 5.74) is 1.13. The van der Waals surface area contributed by atoms with Crippen LogP contribution in [0.5, 0.6) is 0 Å². The fourth-order valence-corrected chi connectivity index (χ4v) is 2.03. The molecule has 3 nitrogen and oxygen atoms in total.